The second kappa shape index (κ2) is 6.05. The molecule has 1 amide bonds. The first kappa shape index (κ1) is 13.8. The second-order valence-corrected chi connectivity index (χ2v) is 5.36. The summed E-state index contributed by atoms with van der Waals surface area (Å²) in [7, 11) is 0. The molecule has 0 spiro atoms. The Kier molecular flexibility index (Phi) is 3.96. The lowest BCUT2D eigenvalue weighted by Crippen LogP contribution is -2.40. The minimum atomic E-state index is 0.0763. The molecule has 2 heterocycles. The average molecular weight is 285 g/mol. The van der Waals surface area contributed by atoms with Crippen LogP contribution in [0, 0.1) is 5.92 Å². The van der Waals surface area contributed by atoms with Gasteiger partial charge in [0.05, 0.1) is 5.69 Å². The van der Waals surface area contributed by atoms with Crippen molar-refractivity contribution in [2.75, 3.05) is 19.6 Å². The van der Waals surface area contributed by atoms with Crippen LogP contribution >= 0.6 is 0 Å². The number of likely N-dealkylation sites (tertiary alicyclic amines) is 1. The largest absolute Gasteiger partial charge is 0.339 e. The average Bonchev–Trinajstić information content (AvgIpc) is 3.09. The van der Waals surface area contributed by atoms with Crippen LogP contribution in [0.4, 0.5) is 0 Å². The van der Waals surface area contributed by atoms with Crippen molar-refractivity contribution in [3.63, 3.8) is 0 Å². The van der Waals surface area contributed by atoms with E-state index < -0.39 is 0 Å². The standard InChI is InChI=1S/C15H19N5O/c16-9-12-4-6-19(7-5-12)15(21)13-2-1-3-14(8-13)20-11-17-10-18-20/h1-3,8,10-12H,4-7,9,16H2. The molecule has 1 aromatic carbocycles. The fraction of sp³-hybridized carbons (Fsp3) is 0.400. The predicted molar refractivity (Wildman–Crippen MR) is 79.0 cm³/mol. The molecule has 0 saturated carbocycles. The molecular formula is C15H19N5O. The van der Waals surface area contributed by atoms with E-state index in [1.165, 1.54) is 6.33 Å². The van der Waals surface area contributed by atoms with Gasteiger partial charge < -0.3 is 10.6 Å². The van der Waals surface area contributed by atoms with Crippen LogP contribution in [0.3, 0.4) is 0 Å². The molecule has 6 nitrogen and oxygen atoms in total. The zero-order chi connectivity index (χ0) is 14.7. The van der Waals surface area contributed by atoms with E-state index in [9.17, 15) is 4.79 Å². The number of nitrogens with zero attached hydrogens (tertiary/aromatic N) is 4. The molecule has 1 fully saturated rings. The number of piperidine rings is 1. The van der Waals surface area contributed by atoms with Crippen LogP contribution in [0.5, 0.6) is 0 Å². The molecule has 1 saturated heterocycles. The van der Waals surface area contributed by atoms with Gasteiger partial charge in [-0.3, -0.25) is 4.79 Å². The predicted octanol–water partition coefficient (Wildman–Crippen LogP) is 1.08. The molecule has 1 aliphatic rings. The number of aromatic nitrogens is 3. The number of nitrogens with two attached hydrogens (primary N) is 1. The molecule has 6 heteroatoms. The first-order valence-corrected chi connectivity index (χ1v) is 7.22. The van der Waals surface area contributed by atoms with Crippen LogP contribution in [0.2, 0.25) is 0 Å². The quantitative estimate of drug-likeness (QED) is 0.915. The number of amides is 1. The van der Waals surface area contributed by atoms with Crippen molar-refractivity contribution < 1.29 is 4.79 Å². The highest BCUT2D eigenvalue weighted by molar-refractivity contribution is 5.94. The molecule has 3 rings (SSSR count). The van der Waals surface area contributed by atoms with Gasteiger partial charge in [-0.1, -0.05) is 6.07 Å². The number of benzene rings is 1. The molecule has 0 unspecified atom stereocenters. The summed E-state index contributed by atoms with van der Waals surface area (Å²) in [5, 5.41) is 4.09. The lowest BCUT2D eigenvalue weighted by molar-refractivity contribution is 0.0693. The van der Waals surface area contributed by atoms with E-state index >= 15 is 0 Å². The minimum absolute atomic E-state index is 0.0763. The third kappa shape index (κ3) is 2.95. The fourth-order valence-electron chi connectivity index (χ4n) is 2.68. The Bertz CT molecular complexity index is 602. The summed E-state index contributed by atoms with van der Waals surface area (Å²) in [6, 6.07) is 7.48. The van der Waals surface area contributed by atoms with Gasteiger partial charge >= 0.3 is 0 Å². The summed E-state index contributed by atoms with van der Waals surface area (Å²) in [5.41, 5.74) is 7.22. The van der Waals surface area contributed by atoms with Crippen LogP contribution in [-0.2, 0) is 0 Å². The number of rotatable bonds is 3. The molecule has 0 aliphatic carbocycles. The zero-order valence-corrected chi connectivity index (χ0v) is 11.9. The molecule has 0 bridgehead atoms. The highest BCUT2D eigenvalue weighted by Crippen LogP contribution is 2.19. The van der Waals surface area contributed by atoms with Crippen molar-refractivity contribution in [2.24, 2.45) is 11.7 Å². The Morgan fingerprint density at radius 3 is 2.81 bits per heavy atom. The van der Waals surface area contributed by atoms with Gasteiger partial charge in [-0.15, -0.1) is 0 Å². The highest BCUT2D eigenvalue weighted by Gasteiger charge is 2.23. The van der Waals surface area contributed by atoms with Gasteiger partial charge in [0.2, 0.25) is 0 Å². The van der Waals surface area contributed by atoms with Crippen molar-refractivity contribution in [2.45, 2.75) is 12.8 Å². The molecule has 0 atom stereocenters. The van der Waals surface area contributed by atoms with Crippen molar-refractivity contribution in [3.8, 4) is 5.69 Å². The van der Waals surface area contributed by atoms with Crippen molar-refractivity contribution in [1.82, 2.24) is 19.7 Å². The summed E-state index contributed by atoms with van der Waals surface area (Å²) >= 11 is 0. The monoisotopic (exact) mass is 285 g/mol. The van der Waals surface area contributed by atoms with Crippen LogP contribution < -0.4 is 5.73 Å². The van der Waals surface area contributed by atoms with Crippen molar-refractivity contribution in [1.29, 1.82) is 0 Å². The van der Waals surface area contributed by atoms with Gasteiger partial charge in [0.15, 0.2) is 0 Å². The Morgan fingerprint density at radius 2 is 2.14 bits per heavy atom. The van der Waals surface area contributed by atoms with E-state index in [0.29, 0.717) is 18.0 Å². The number of hydrogen-bond acceptors (Lipinski definition) is 4. The van der Waals surface area contributed by atoms with Crippen LogP contribution in [0.25, 0.3) is 5.69 Å². The van der Waals surface area contributed by atoms with E-state index in [4.69, 9.17) is 5.73 Å². The van der Waals surface area contributed by atoms with Crippen molar-refractivity contribution in [3.05, 3.63) is 42.5 Å². The van der Waals surface area contributed by atoms with E-state index in [1.807, 2.05) is 29.2 Å². The van der Waals surface area contributed by atoms with Crippen LogP contribution in [-0.4, -0.2) is 45.2 Å². The fourth-order valence-corrected chi connectivity index (χ4v) is 2.68. The second-order valence-electron chi connectivity index (χ2n) is 5.36. The number of carbonyl (C=O) groups excluding carboxylic acids is 1. The van der Waals surface area contributed by atoms with Gasteiger partial charge in [-0.05, 0) is 43.5 Å². The lowest BCUT2D eigenvalue weighted by Gasteiger charge is -2.31. The number of carbonyl (C=O) groups is 1. The molecule has 0 radical (unpaired) electrons. The summed E-state index contributed by atoms with van der Waals surface area (Å²) in [6.07, 6.45) is 5.08. The summed E-state index contributed by atoms with van der Waals surface area (Å²) in [4.78, 5) is 18.4. The maximum atomic E-state index is 12.6. The van der Waals surface area contributed by atoms with Gasteiger partial charge in [0, 0.05) is 18.7 Å². The Labute approximate surface area is 123 Å². The first-order chi connectivity index (χ1) is 10.3. The number of hydrogen-bond donors (Lipinski definition) is 1. The molecular weight excluding hydrogens is 266 g/mol. The topological polar surface area (TPSA) is 77.0 Å². The molecule has 2 aromatic rings. The normalized spacial score (nSPS) is 16.1. The molecule has 21 heavy (non-hydrogen) atoms. The smallest absolute Gasteiger partial charge is 0.253 e. The molecule has 2 N–H and O–H groups in total. The molecule has 110 valence electrons. The van der Waals surface area contributed by atoms with E-state index in [0.717, 1.165) is 31.6 Å². The Morgan fingerprint density at radius 1 is 1.33 bits per heavy atom. The third-order valence-electron chi connectivity index (χ3n) is 4.01. The van der Waals surface area contributed by atoms with Gasteiger partial charge in [0.1, 0.15) is 12.7 Å². The summed E-state index contributed by atoms with van der Waals surface area (Å²) in [6.45, 7) is 2.28. The Hall–Kier alpha value is -2.21. The first-order valence-electron chi connectivity index (χ1n) is 7.22. The maximum absolute atomic E-state index is 12.6. The highest BCUT2D eigenvalue weighted by atomic mass is 16.2. The van der Waals surface area contributed by atoms with E-state index in [1.54, 1.807) is 11.0 Å². The van der Waals surface area contributed by atoms with Crippen molar-refractivity contribution >= 4 is 5.91 Å². The van der Waals surface area contributed by atoms with Crippen LogP contribution in [0.1, 0.15) is 23.2 Å². The minimum Gasteiger partial charge on any atom is -0.339 e. The summed E-state index contributed by atoms with van der Waals surface area (Å²) < 4.78 is 1.65. The SMILES string of the molecule is NCC1CCN(C(=O)c2cccc(-n3cncn3)c2)CC1. The maximum Gasteiger partial charge on any atom is 0.253 e. The van der Waals surface area contributed by atoms with Gasteiger partial charge in [-0.25, -0.2) is 9.67 Å². The zero-order valence-electron chi connectivity index (χ0n) is 11.9. The molecule has 1 aliphatic heterocycles. The Balaban J connectivity index is 1.75. The van der Waals surface area contributed by atoms with Crippen LogP contribution in [0.15, 0.2) is 36.9 Å². The van der Waals surface area contributed by atoms with E-state index in [2.05, 4.69) is 10.1 Å². The van der Waals surface area contributed by atoms with E-state index in [-0.39, 0.29) is 5.91 Å². The summed E-state index contributed by atoms with van der Waals surface area (Å²) in [5.74, 6) is 0.628. The molecule has 1 aromatic heterocycles. The lowest BCUT2D eigenvalue weighted by atomic mass is 9.96. The third-order valence-corrected chi connectivity index (χ3v) is 4.01. The van der Waals surface area contributed by atoms with Gasteiger partial charge in [-0.2, -0.15) is 5.10 Å². The van der Waals surface area contributed by atoms with Gasteiger partial charge in [0.25, 0.3) is 5.91 Å².